The van der Waals surface area contributed by atoms with Crippen LogP contribution in [0.3, 0.4) is 0 Å². The molecule has 0 saturated heterocycles. The minimum atomic E-state index is -0.456. The molecule has 100 valence electrons. The molecule has 0 aromatic carbocycles. The summed E-state index contributed by atoms with van der Waals surface area (Å²) in [6.07, 6.45) is 4.31. The monoisotopic (exact) mass is 243 g/mol. The summed E-state index contributed by atoms with van der Waals surface area (Å²) in [5.74, 6) is -0.247. The van der Waals surface area contributed by atoms with Gasteiger partial charge in [0.1, 0.15) is 5.60 Å². The minimum absolute atomic E-state index is 0.247. The van der Waals surface area contributed by atoms with Crippen molar-refractivity contribution in [1.82, 2.24) is 0 Å². The number of hydrogen-bond acceptors (Lipinski definition) is 5. The fourth-order valence-corrected chi connectivity index (χ4v) is 1.25. The molecule has 2 unspecified atom stereocenters. The van der Waals surface area contributed by atoms with Crippen molar-refractivity contribution in [3.63, 3.8) is 0 Å². The number of carbonyl (C=O) groups excluding carboxylic acids is 1. The molecule has 0 heterocycles. The highest BCUT2D eigenvalue weighted by Crippen LogP contribution is 2.10. The van der Waals surface area contributed by atoms with Crippen LogP contribution in [0, 0.1) is 0 Å². The summed E-state index contributed by atoms with van der Waals surface area (Å²) in [6.45, 7) is 5.94. The molecule has 0 aliphatic rings. The van der Waals surface area contributed by atoms with E-state index < -0.39 is 5.60 Å². The first-order valence-electron chi connectivity index (χ1n) is 5.86. The predicted molar refractivity (Wildman–Crippen MR) is 69.2 cm³/mol. The molecule has 0 radical (unpaired) electrons. The summed E-state index contributed by atoms with van der Waals surface area (Å²) in [5, 5.41) is 0. The van der Waals surface area contributed by atoms with Crippen molar-refractivity contribution in [3.05, 3.63) is 12.2 Å². The molecule has 0 amide bonds. The van der Waals surface area contributed by atoms with Crippen molar-refractivity contribution >= 4 is 5.97 Å². The Hall–Kier alpha value is -0.910. The second-order valence-electron chi connectivity index (χ2n) is 5.03. The number of hydrogen-bond donors (Lipinski definition) is 3. The van der Waals surface area contributed by atoms with E-state index in [1.54, 1.807) is 12.2 Å². The van der Waals surface area contributed by atoms with Gasteiger partial charge in [-0.1, -0.05) is 12.2 Å². The molecular weight excluding hydrogens is 218 g/mol. The molecule has 0 aliphatic carbocycles. The Kier molecular flexibility index (Phi) is 7.03. The summed E-state index contributed by atoms with van der Waals surface area (Å²) in [4.78, 5) is 11.4. The zero-order valence-corrected chi connectivity index (χ0v) is 11.0. The number of nitrogens with two attached hydrogens (primary N) is 3. The van der Waals surface area contributed by atoms with Crippen molar-refractivity contribution in [1.29, 1.82) is 0 Å². The van der Waals surface area contributed by atoms with Gasteiger partial charge in [0.25, 0.3) is 0 Å². The SMILES string of the molecule is CC(C)(C)OC(=O)CCC(N)C(N)/C=C/CN. The molecule has 0 rings (SSSR count). The Labute approximate surface area is 103 Å². The van der Waals surface area contributed by atoms with Gasteiger partial charge in [0, 0.05) is 25.0 Å². The van der Waals surface area contributed by atoms with Crippen LogP contribution >= 0.6 is 0 Å². The largest absolute Gasteiger partial charge is 0.460 e. The Morgan fingerprint density at radius 1 is 1.35 bits per heavy atom. The number of carbonyl (C=O) groups is 1. The third-order valence-corrected chi connectivity index (χ3v) is 2.09. The average Bonchev–Trinajstić information content (AvgIpc) is 2.20. The number of rotatable bonds is 6. The fraction of sp³-hybridized carbons (Fsp3) is 0.750. The molecule has 0 aromatic rings. The molecule has 5 heteroatoms. The average molecular weight is 243 g/mol. The van der Waals surface area contributed by atoms with Gasteiger partial charge < -0.3 is 21.9 Å². The molecule has 0 bridgehead atoms. The van der Waals surface area contributed by atoms with Gasteiger partial charge in [-0.05, 0) is 27.2 Å². The lowest BCUT2D eigenvalue weighted by Gasteiger charge is -2.21. The van der Waals surface area contributed by atoms with E-state index in [0.717, 1.165) is 0 Å². The van der Waals surface area contributed by atoms with Crippen LogP contribution < -0.4 is 17.2 Å². The molecule has 0 fully saturated rings. The highest BCUT2D eigenvalue weighted by Gasteiger charge is 2.18. The molecule has 5 nitrogen and oxygen atoms in total. The van der Waals surface area contributed by atoms with Crippen LogP contribution in [0.1, 0.15) is 33.6 Å². The van der Waals surface area contributed by atoms with E-state index in [4.69, 9.17) is 21.9 Å². The Morgan fingerprint density at radius 3 is 2.41 bits per heavy atom. The molecule has 0 aliphatic heterocycles. The van der Waals surface area contributed by atoms with Crippen LogP contribution in [0.15, 0.2) is 12.2 Å². The van der Waals surface area contributed by atoms with E-state index in [-0.39, 0.29) is 24.5 Å². The van der Waals surface area contributed by atoms with Gasteiger partial charge in [0.15, 0.2) is 0 Å². The minimum Gasteiger partial charge on any atom is -0.460 e. The standard InChI is InChI=1S/C12H25N3O2/c1-12(2,3)17-11(16)7-6-10(15)9(14)5-4-8-13/h4-5,9-10H,6-8,13-15H2,1-3H3/b5-4+. The Morgan fingerprint density at radius 2 is 1.94 bits per heavy atom. The van der Waals surface area contributed by atoms with E-state index in [2.05, 4.69) is 0 Å². The first kappa shape index (κ1) is 16.1. The summed E-state index contributed by atoms with van der Waals surface area (Å²) in [7, 11) is 0. The Balaban J connectivity index is 3.95. The van der Waals surface area contributed by atoms with Gasteiger partial charge in [0.2, 0.25) is 0 Å². The number of ether oxygens (including phenoxy) is 1. The first-order chi connectivity index (χ1) is 7.76. The molecule has 0 aromatic heterocycles. The van der Waals surface area contributed by atoms with Gasteiger partial charge in [-0.25, -0.2) is 0 Å². The van der Waals surface area contributed by atoms with Crippen LogP contribution in [0.4, 0.5) is 0 Å². The normalized spacial score (nSPS) is 15.9. The van der Waals surface area contributed by atoms with E-state index >= 15 is 0 Å². The first-order valence-corrected chi connectivity index (χ1v) is 5.86. The lowest BCUT2D eigenvalue weighted by Crippen LogP contribution is -2.40. The van der Waals surface area contributed by atoms with E-state index in [0.29, 0.717) is 13.0 Å². The maximum Gasteiger partial charge on any atom is 0.306 e. The van der Waals surface area contributed by atoms with Gasteiger partial charge in [-0.3, -0.25) is 4.79 Å². The van der Waals surface area contributed by atoms with Crippen molar-refractivity contribution in [2.24, 2.45) is 17.2 Å². The molecular formula is C12H25N3O2. The molecule has 0 saturated carbocycles. The van der Waals surface area contributed by atoms with Crippen LogP contribution in [0.2, 0.25) is 0 Å². The smallest absolute Gasteiger partial charge is 0.306 e. The maximum absolute atomic E-state index is 11.4. The van der Waals surface area contributed by atoms with Crippen LogP contribution in [-0.4, -0.2) is 30.2 Å². The lowest BCUT2D eigenvalue weighted by atomic mass is 10.0. The molecule has 0 spiro atoms. The zero-order chi connectivity index (χ0) is 13.5. The molecule has 6 N–H and O–H groups in total. The molecule has 2 atom stereocenters. The van der Waals surface area contributed by atoms with Crippen LogP contribution in [0.25, 0.3) is 0 Å². The predicted octanol–water partition coefficient (Wildman–Crippen LogP) is 0.278. The topological polar surface area (TPSA) is 104 Å². The summed E-state index contributed by atoms with van der Waals surface area (Å²) < 4.78 is 5.18. The summed E-state index contributed by atoms with van der Waals surface area (Å²) in [6, 6.07) is -0.536. The second kappa shape index (κ2) is 7.42. The summed E-state index contributed by atoms with van der Waals surface area (Å²) >= 11 is 0. The van der Waals surface area contributed by atoms with Gasteiger partial charge in [-0.2, -0.15) is 0 Å². The lowest BCUT2D eigenvalue weighted by molar-refractivity contribution is -0.155. The van der Waals surface area contributed by atoms with Crippen LogP contribution in [-0.2, 0) is 9.53 Å². The van der Waals surface area contributed by atoms with Crippen molar-refractivity contribution in [3.8, 4) is 0 Å². The quantitative estimate of drug-likeness (QED) is 0.459. The van der Waals surface area contributed by atoms with Crippen molar-refractivity contribution in [2.75, 3.05) is 6.54 Å². The third kappa shape index (κ3) is 8.85. The maximum atomic E-state index is 11.4. The van der Waals surface area contributed by atoms with Crippen molar-refractivity contribution < 1.29 is 9.53 Å². The Bertz CT molecular complexity index is 259. The highest BCUT2D eigenvalue weighted by atomic mass is 16.6. The zero-order valence-electron chi connectivity index (χ0n) is 11.0. The van der Waals surface area contributed by atoms with Crippen molar-refractivity contribution in [2.45, 2.75) is 51.3 Å². The molecule has 17 heavy (non-hydrogen) atoms. The van der Waals surface area contributed by atoms with E-state index in [1.165, 1.54) is 0 Å². The van der Waals surface area contributed by atoms with E-state index in [1.807, 2.05) is 20.8 Å². The van der Waals surface area contributed by atoms with Gasteiger partial charge >= 0.3 is 5.97 Å². The third-order valence-electron chi connectivity index (χ3n) is 2.09. The second-order valence-corrected chi connectivity index (χ2v) is 5.03. The summed E-state index contributed by atoms with van der Waals surface area (Å²) in [5.41, 5.74) is 16.5. The fourth-order valence-electron chi connectivity index (χ4n) is 1.25. The van der Waals surface area contributed by atoms with Crippen LogP contribution in [0.5, 0.6) is 0 Å². The number of esters is 1. The van der Waals surface area contributed by atoms with E-state index in [9.17, 15) is 4.79 Å². The van der Waals surface area contributed by atoms with Gasteiger partial charge in [-0.15, -0.1) is 0 Å². The highest BCUT2D eigenvalue weighted by molar-refractivity contribution is 5.69. The van der Waals surface area contributed by atoms with Gasteiger partial charge in [0.05, 0.1) is 0 Å².